The van der Waals surface area contributed by atoms with Crippen molar-refractivity contribution in [3.63, 3.8) is 0 Å². The summed E-state index contributed by atoms with van der Waals surface area (Å²) in [4.78, 5) is 2.82. The number of nitrogens with zero attached hydrogens (tertiary/aromatic N) is 7. The van der Waals surface area contributed by atoms with Crippen LogP contribution >= 0.6 is 21.3 Å². The van der Waals surface area contributed by atoms with Crippen LogP contribution in [0.1, 0.15) is 76.9 Å². The number of hydrazone groups is 2. The Balaban J connectivity index is 1.62. The molecule has 0 heterocycles. The van der Waals surface area contributed by atoms with E-state index in [4.69, 9.17) is 52.4 Å². The molecule has 0 aliphatic heterocycles. The second kappa shape index (κ2) is 20.1. The Morgan fingerprint density at radius 2 is 1.13 bits per heavy atom. The van der Waals surface area contributed by atoms with Crippen LogP contribution in [-0.4, -0.2) is 71.8 Å². The Morgan fingerprint density at radius 3 is 1.47 bits per heavy atom. The molecule has 3 aromatic carbocycles. The molecule has 5 unspecified atom stereocenters. The van der Waals surface area contributed by atoms with Crippen LogP contribution in [0.25, 0.3) is 10.4 Å². The van der Waals surface area contributed by atoms with E-state index < -0.39 is 43.5 Å². The van der Waals surface area contributed by atoms with Crippen molar-refractivity contribution in [3.8, 4) is 17.2 Å². The topological polar surface area (TPSA) is 163 Å². The van der Waals surface area contributed by atoms with Gasteiger partial charge >= 0.3 is 21.3 Å². The van der Waals surface area contributed by atoms with Crippen LogP contribution in [-0.2, 0) is 37.2 Å². The van der Waals surface area contributed by atoms with E-state index in [1.807, 2.05) is 78.2 Å². The van der Waals surface area contributed by atoms with Gasteiger partial charge in [-0.1, -0.05) is 26.0 Å². The van der Waals surface area contributed by atoms with E-state index in [-0.39, 0.29) is 0 Å². The van der Waals surface area contributed by atoms with Crippen molar-refractivity contribution in [2.24, 2.45) is 15.3 Å². The molecule has 0 fully saturated rings. The first-order chi connectivity index (χ1) is 25.9. The highest BCUT2D eigenvalue weighted by atomic mass is 32.4. The second-order valence-electron chi connectivity index (χ2n) is 13.0. The maximum atomic E-state index is 12.6. The van der Waals surface area contributed by atoms with E-state index in [0.717, 1.165) is 11.1 Å². The zero-order valence-electron chi connectivity index (χ0n) is 32.8. The largest absolute Gasteiger partial charge is 0.482 e. The molecule has 55 heavy (non-hydrogen) atoms. The van der Waals surface area contributed by atoms with Crippen molar-refractivity contribution in [3.05, 3.63) is 99.9 Å². The van der Waals surface area contributed by atoms with Gasteiger partial charge in [-0.25, -0.2) is 0 Å². The molecule has 0 amide bonds. The van der Waals surface area contributed by atoms with E-state index >= 15 is 0 Å². The van der Waals surface area contributed by atoms with Crippen molar-refractivity contribution in [1.29, 1.82) is 0 Å². The summed E-state index contributed by atoms with van der Waals surface area (Å²) >= 11 is 11.9. The molecule has 14 nitrogen and oxygen atoms in total. The Bertz CT molecular complexity index is 1930. The minimum Gasteiger partial charge on any atom is -0.482 e. The van der Waals surface area contributed by atoms with Crippen molar-refractivity contribution in [1.82, 2.24) is 9.56 Å². The van der Waals surface area contributed by atoms with Crippen LogP contribution in [0.2, 0.25) is 0 Å². The third-order valence-corrected chi connectivity index (χ3v) is 17.8. The fraction of sp³-hybridized carbons (Fsp3) is 0.444. The van der Waals surface area contributed by atoms with Gasteiger partial charge in [-0.3, -0.25) is 4.57 Å². The predicted molar refractivity (Wildman–Crippen MR) is 228 cm³/mol. The molecule has 0 aliphatic carbocycles. The number of rotatable bonds is 21. The van der Waals surface area contributed by atoms with Gasteiger partial charge in [0.1, 0.15) is 17.2 Å². The van der Waals surface area contributed by atoms with Gasteiger partial charge in [-0.2, -0.15) is 0 Å². The fourth-order valence-electron chi connectivity index (χ4n) is 4.83. The molecule has 0 saturated heterocycles. The number of ether oxygens (including phenoxy) is 3. The standard InChI is InChI=1S/C36H50N7O7P3S2/c1-11-35(5,51(54)42(7)38-25-27-13-19-30(20-14-27)48-34(3,4)40-41-37)49-31-21-15-28(16-22-31)26-39-43(8)52(55)36(6,12-2)50-32-23-17-29(18-24-32)33(44)53(45,46-9)47-10/h13-26,33,44H,11-12H2,1-10H3/q+2/b38-25+,39-26+. The molecule has 0 radical (unpaired) electrons. The molecule has 0 aromatic heterocycles. The monoisotopic (exact) mass is 849 g/mol. The van der Waals surface area contributed by atoms with E-state index in [2.05, 4.69) is 20.2 Å². The molecule has 3 aromatic rings. The average molecular weight is 850 g/mol. The molecule has 0 spiro atoms. The van der Waals surface area contributed by atoms with Crippen LogP contribution in [0, 0.1) is 0 Å². The lowest BCUT2D eigenvalue weighted by Gasteiger charge is -2.24. The van der Waals surface area contributed by atoms with Gasteiger partial charge in [-0.15, -0.1) is 19.8 Å². The Morgan fingerprint density at radius 1 is 0.764 bits per heavy atom. The Hall–Kier alpha value is -3.54. The molecule has 0 bridgehead atoms. The molecule has 3 rings (SSSR count). The highest BCUT2D eigenvalue weighted by molar-refractivity contribution is 8.04. The summed E-state index contributed by atoms with van der Waals surface area (Å²) in [5.74, 6) is 0.358. The molecule has 0 saturated carbocycles. The van der Waals surface area contributed by atoms with Crippen LogP contribution < -0.4 is 14.2 Å². The summed E-state index contributed by atoms with van der Waals surface area (Å²) in [5, 5.41) is 22.0. The summed E-state index contributed by atoms with van der Waals surface area (Å²) in [6, 6.07) is 21.5. The van der Waals surface area contributed by atoms with Crippen LogP contribution in [0.4, 0.5) is 0 Å². The quantitative estimate of drug-likeness (QED) is 0.0271. The average Bonchev–Trinajstić information content (AvgIpc) is 3.18. The first-order valence-corrected chi connectivity index (χ1v) is 23.4. The lowest BCUT2D eigenvalue weighted by molar-refractivity contribution is 0.117. The molecular formula is C36H50N7O7P3S2+2. The molecule has 1 N–H and O–H groups in total. The van der Waals surface area contributed by atoms with Gasteiger partial charge in [0.2, 0.25) is 0 Å². The number of hydrogen-bond acceptors (Lipinski definition) is 12. The van der Waals surface area contributed by atoms with Crippen LogP contribution in [0.3, 0.4) is 0 Å². The van der Waals surface area contributed by atoms with Gasteiger partial charge in [0, 0.05) is 45.8 Å². The van der Waals surface area contributed by atoms with Gasteiger partial charge in [0.05, 0.1) is 26.5 Å². The summed E-state index contributed by atoms with van der Waals surface area (Å²) in [7, 11) is 2.42. The lowest BCUT2D eigenvalue weighted by atomic mass is 10.2. The van der Waals surface area contributed by atoms with Crippen molar-refractivity contribution in [2.75, 3.05) is 28.3 Å². The number of aliphatic hydroxyl groups excluding tert-OH is 1. The van der Waals surface area contributed by atoms with Gasteiger partial charge in [-0.05, 0) is 102 Å². The van der Waals surface area contributed by atoms with E-state index in [1.165, 1.54) is 14.2 Å². The zero-order valence-corrected chi connectivity index (χ0v) is 37.1. The second-order valence-corrected chi connectivity index (χ2v) is 21.5. The number of benzene rings is 3. The fourth-order valence-corrected chi connectivity index (χ4v) is 9.59. The van der Waals surface area contributed by atoms with Crippen molar-refractivity contribution < 1.29 is 32.9 Å². The van der Waals surface area contributed by atoms with E-state index in [0.29, 0.717) is 35.7 Å². The summed E-state index contributed by atoms with van der Waals surface area (Å²) in [5.41, 5.74) is 9.80. The Kier molecular flexibility index (Phi) is 16.7. The lowest BCUT2D eigenvalue weighted by Crippen LogP contribution is -2.30. The number of aliphatic hydroxyl groups is 1. The molecule has 5 atom stereocenters. The van der Waals surface area contributed by atoms with Crippen LogP contribution in [0.15, 0.2) is 88.1 Å². The normalized spacial score (nSPS) is 15.3. The highest BCUT2D eigenvalue weighted by Gasteiger charge is 2.46. The Labute approximate surface area is 336 Å². The summed E-state index contributed by atoms with van der Waals surface area (Å²) in [6.45, 7) is 8.76. The van der Waals surface area contributed by atoms with Crippen LogP contribution in [0.5, 0.6) is 17.2 Å². The van der Waals surface area contributed by atoms with Gasteiger partial charge < -0.3 is 28.4 Å². The van der Waals surface area contributed by atoms with E-state index in [1.54, 1.807) is 72.2 Å². The maximum Gasteiger partial charge on any atom is 0.362 e. The molecular weight excluding hydrogens is 799 g/mol. The SMILES string of the molecule is CCC(C)(Oc1ccc(/C=N/N(C)[P+](=S)C(C)(CC)Oc2ccc(C(O)P(=O)(OC)OC)cc2)cc1)[P+](=S)N(C)/N=C/c1ccc(OC(C)(C)N=[N+]=[N-])cc1. The minimum atomic E-state index is -3.71. The third kappa shape index (κ3) is 12.5. The smallest absolute Gasteiger partial charge is 0.362 e. The zero-order chi connectivity index (χ0) is 41.0. The van der Waals surface area contributed by atoms with Crippen molar-refractivity contribution in [2.45, 2.75) is 76.6 Å². The first-order valence-electron chi connectivity index (χ1n) is 17.2. The van der Waals surface area contributed by atoms with Gasteiger partial charge in [0.25, 0.3) is 10.7 Å². The first kappa shape index (κ1) is 45.8. The van der Waals surface area contributed by atoms with E-state index in [9.17, 15) is 9.67 Å². The predicted octanol–water partition coefficient (Wildman–Crippen LogP) is 10.2. The third-order valence-electron chi connectivity index (χ3n) is 8.47. The molecule has 296 valence electrons. The maximum absolute atomic E-state index is 12.6. The van der Waals surface area contributed by atoms with Gasteiger partial charge in [0.15, 0.2) is 35.2 Å². The number of azide groups is 1. The number of hydrogen-bond donors (Lipinski definition) is 1. The summed E-state index contributed by atoms with van der Waals surface area (Å²) < 4.78 is 44.5. The van der Waals surface area contributed by atoms with Crippen molar-refractivity contribution >= 4 is 57.3 Å². The summed E-state index contributed by atoms with van der Waals surface area (Å²) in [6.07, 6.45) is 4.75. The highest BCUT2D eigenvalue weighted by Crippen LogP contribution is 2.58. The molecule has 19 heteroatoms. The molecule has 0 aliphatic rings. The minimum absolute atomic E-state index is 0.374.